The first-order valence-electron chi connectivity index (χ1n) is 8.88. The number of methoxy groups -OCH3 is 1. The van der Waals surface area contributed by atoms with Crippen LogP contribution >= 0.6 is 0 Å². The molecule has 0 fully saturated rings. The van der Waals surface area contributed by atoms with Gasteiger partial charge in [-0.2, -0.15) is 0 Å². The van der Waals surface area contributed by atoms with Crippen molar-refractivity contribution in [2.45, 2.75) is 13.1 Å². The zero-order valence-electron chi connectivity index (χ0n) is 15.5. The highest BCUT2D eigenvalue weighted by atomic mass is 16.5. The molecule has 3 aromatic rings. The van der Waals surface area contributed by atoms with Gasteiger partial charge in [-0.3, -0.25) is 19.5 Å². The van der Waals surface area contributed by atoms with Crippen molar-refractivity contribution >= 4 is 23.1 Å². The fourth-order valence-electron chi connectivity index (χ4n) is 3.31. The average molecular weight is 373 g/mol. The summed E-state index contributed by atoms with van der Waals surface area (Å²) in [6, 6.07) is 18.0. The molecule has 2 heterocycles. The number of nitrogens with one attached hydrogen (secondary N) is 1. The SMILES string of the molecule is COc1ccc(N2C(=O)c3cccnc3[C@@H]2Nc2cccc(C(C)=O)c2)cc1. The molecule has 28 heavy (non-hydrogen) atoms. The number of hydrogen-bond acceptors (Lipinski definition) is 5. The normalized spacial score (nSPS) is 15.3. The summed E-state index contributed by atoms with van der Waals surface area (Å²) in [6.45, 7) is 1.53. The summed E-state index contributed by atoms with van der Waals surface area (Å²) in [5.41, 5.74) is 3.27. The van der Waals surface area contributed by atoms with Crippen LogP contribution in [0.2, 0.25) is 0 Å². The van der Waals surface area contributed by atoms with Gasteiger partial charge in [0, 0.05) is 23.1 Å². The van der Waals surface area contributed by atoms with Gasteiger partial charge in [0.25, 0.3) is 5.91 Å². The van der Waals surface area contributed by atoms with Crippen LogP contribution in [0.25, 0.3) is 0 Å². The van der Waals surface area contributed by atoms with Crippen molar-refractivity contribution in [1.82, 2.24) is 4.98 Å². The molecule has 1 atom stereocenters. The van der Waals surface area contributed by atoms with Crippen molar-refractivity contribution in [2.24, 2.45) is 0 Å². The van der Waals surface area contributed by atoms with Gasteiger partial charge in [-0.05, 0) is 55.5 Å². The van der Waals surface area contributed by atoms with Crippen LogP contribution < -0.4 is 15.0 Å². The molecule has 0 aliphatic carbocycles. The largest absolute Gasteiger partial charge is 0.497 e. The van der Waals surface area contributed by atoms with E-state index >= 15 is 0 Å². The van der Waals surface area contributed by atoms with Gasteiger partial charge in [0.15, 0.2) is 11.9 Å². The second-order valence-electron chi connectivity index (χ2n) is 6.49. The highest BCUT2D eigenvalue weighted by Gasteiger charge is 2.39. The van der Waals surface area contributed by atoms with Crippen LogP contribution in [0.5, 0.6) is 5.75 Å². The van der Waals surface area contributed by atoms with Crippen molar-refractivity contribution in [1.29, 1.82) is 0 Å². The van der Waals surface area contributed by atoms with Gasteiger partial charge in [0.05, 0.1) is 18.4 Å². The number of Topliss-reactive ketones (excluding diaryl/α,β-unsaturated/α-hetero) is 1. The molecule has 1 aliphatic heterocycles. The third-order valence-electron chi connectivity index (χ3n) is 4.73. The molecule has 0 unspecified atom stereocenters. The Morgan fingerprint density at radius 2 is 1.89 bits per heavy atom. The van der Waals surface area contributed by atoms with E-state index < -0.39 is 6.17 Å². The molecule has 0 spiro atoms. The van der Waals surface area contributed by atoms with E-state index in [1.807, 2.05) is 36.4 Å². The maximum atomic E-state index is 13.1. The lowest BCUT2D eigenvalue weighted by molar-refractivity contribution is 0.0989. The first-order chi connectivity index (χ1) is 13.6. The van der Waals surface area contributed by atoms with Crippen LogP contribution in [-0.2, 0) is 0 Å². The first-order valence-corrected chi connectivity index (χ1v) is 8.88. The summed E-state index contributed by atoms with van der Waals surface area (Å²) in [5, 5.41) is 3.36. The van der Waals surface area contributed by atoms with Crippen LogP contribution in [0, 0.1) is 0 Å². The molecule has 1 N–H and O–H groups in total. The van der Waals surface area contributed by atoms with Gasteiger partial charge in [-0.1, -0.05) is 12.1 Å². The Labute approximate surface area is 162 Å². The van der Waals surface area contributed by atoms with E-state index in [2.05, 4.69) is 10.3 Å². The Morgan fingerprint density at radius 1 is 1.11 bits per heavy atom. The first kappa shape index (κ1) is 17.7. The fraction of sp³-hybridized carbons (Fsp3) is 0.136. The Balaban J connectivity index is 1.75. The third kappa shape index (κ3) is 3.09. The Kier molecular flexibility index (Phi) is 4.53. The molecule has 2 aromatic carbocycles. The molecule has 0 bridgehead atoms. The number of carbonyl (C=O) groups excluding carboxylic acids is 2. The molecular weight excluding hydrogens is 354 g/mol. The van der Waals surface area contributed by atoms with Crippen molar-refractivity contribution < 1.29 is 14.3 Å². The summed E-state index contributed by atoms with van der Waals surface area (Å²) in [6.07, 6.45) is 1.18. The Morgan fingerprint density at radius 3 is 2.61 bits per heavy atom. The minimum absolute atomic E-state index is 0.0170. The molecule has 1 amide bonds. The molecular formula is C22H19N3O3. The Bertz CT molecular complexity index is 1050. The quantitative estimate of drug-likeness (QED) is 0.683. The standard InChI is InChI=1S/C22H19N3O3/c1-14(26)15-5-3-6-16(13-15)24-21-20-19(7-4-12-23-20)22(27)25(21)17-8-10-18(28-2)11-9-17/h3-13,21,24H,1-2H3/t21-/m1/s1. The molecule has 0 saturated heterocycles. The average Bonchev–Trinajstić information content (AvgIpc) is 3.00. The number of benzene rings is 2. The third-order valence-corrected chi connectivity index (χ3v) is 4.73. The lowest BCUT2D eigenvalue weighted by atomic mass is 10.1. The lowest BCUT2D eigenvalue weighted by Gasteiger charge is -2.26. The van der Waals surface area contributed by atoms with Gasteiger partial charge < -0.3 is 10.1 Å². The number of ketones is 1. The summed E-state index contributed by atoms with van der Waals surface area (Å²) < 4.78 is 5.22. The van der Waals surface area contributed by atoms with E-state index in [0.29, 0.717) is 22.6 Å². The van der Waals surface area contributed by atoms with Gasteiger partial charge in [0.2, 0.25) is 0 Å². The Hall–Kier alpha value is -3.67. The number of aromatic nitrogens is 1. The molecule has 6 nitrogen and oxygen atoms in total. The summed E-state index contributed by atoms with van der Waals surface area (Å²) in [4.78, 5) is 30.9. The number of anilines is 2. The molecule has 1 aromatic heterocycles. The van der Waals surface area contributed by atoms with Crippen LogP contribution in [0.1, 0.15) is 39.5 Å². The van der Waals surface area contributed by atoms with Gasteiger partial charge in [0.1, 0.15) is 5.75 Å². The highest BCUT2D eigenvalue weighted by Crippen LogP contribution is 2.37. The lowest BCUT2D eigenvalue weighted by Crippen LogP contribution is -2.32. The predicted octanol–water partition coefficient (Wildman–Crippen LogP) is 4.06. The number of amides is 1. The number of fused-ring (bicyclic) bond motifs is 1. The zero-order valence-corrected chi connectivity index (χ0v) is 15.5. The number of carbonyl (C=O) groups is 2. The van der Waals surface area contributed by atoms with Crippen LogP contribution in [-0.4, -0.2) is 23.8 Å². The summed E-state index contributed by atoms with van der Waals surface area (Å²) in [5.74, 6) is 0.565. The van der Waals surface area contributed by atoms with Crippen LogP contribution in [0.3, 0.4) is 0 Å². The number of pyridine rings is 1. The fourth-order valence-corrected chi connectivity index (χ4v) is 3.31. The minimum Gasteiger partial charge on any atom is -0.497 e. The summed E-state index contributed by atoms with van der Waals surface area (Å²) in [7, 11) is 1.60. The molecule has 0 saturated carbocycles. The highest BCUT2D eigenvalue weighted by molar-refractivity contribution is 6.11. The smallest absolute Gasteiger partial charge is 0.262 e. The molecule has 1 aliphatic rings. The number of nitrogens with zero attached hydrogens (tertiary/aromatic N) is 2. The monoisotopic (exact) mass is 373 g/mol. The van der Waals surface area contributed by atoms with Crippen molar-refractivity contribution in [3.8, 4) is 5.75 Å². The van der Waals surface area contributed by atoms with Crippen LogP contribution in [0.4, 0.5) is 11.4 Å². The van der Waals surface area contributed by atoms with Crippen molar-refractivity contribution in [3.63, 3.8) is 0 Å². The molecule has 140 valence electrons. The van der Waals surface area contributed by atoms with Crippen molar-refractivity contribution in [3.05, 3.63) is 83.7 Å². The maximum absolute atomic E-state index is 13.1. The van der Waals surface area contributed by atoms with Crippen molar-refractivity contribution in [2.75, 3.05) is 17.3 Å². The second kappa shape index (κ2) is 7.15. The number of hydrogen-bond donors (Lipinski definition) is 1. The van der Waals surface area contributed by atoms with E-state index in [0.717, 1.165) is 11.4 Å². The van der Waals surface area contributed by atoms with Gasteiger partial charge in [-0.15, -0.1) is 0 Å². The molecule has 4 rings (SSSR count). The predicted molar refractivity (Wildman–Crippen MR) is 107 cm³/mol. The van der Waals surface area contributed by atoms with E-state index in [1.54, 1.807) is 42.5 Å². The van der Waals surface area contributed by atoms with E-state index in [9.17, 15) is 9.59 Å². The minimum atomic E-state index is -0.487. The van der Waals surface area contributed by atoms with E-state index in [-0.39, 0.29) is 11.7 Å². The summed E-state index contributed by atoms with van der Waals surface area (Å²) >= 11 is 0. The maximum Gasteiger partial charge on any atom is 0.262 e. The molecule has 0 radical (unpaired) electrons. The van der Waals surface area contributed by atoms with Gasteiger partial charge in [-0.25, -0.2) is 0 Å². The topological polar surface area (TPSA) is 71.5 Å². The van der Waals surface area contributed by atoms with Crippen LogP contribution in [0.15, 0.2) is 66.9 Å². The van der Waals surface area contributed by atoms with Gasteiger partial charge >= 0.3 is 0 Å². The van der Waals surface area contributed by atoms with E-state index in [1.165, 1.54) is 6.92 Å². The number of ether oxygens (including phenoxy) is 1. The van der Waals surface area contributed by atoms with E-state index in [4.69, 9.17) is 4.74 Å². The molecule has 6 heteroatoms. The number of rotatable bonds is 5. The second-order valence-corrected chi connectivity index (χ2v) is 6.49. The zero-order chi connectivity index (χ0) is 19.7.